The van der Waals surface area contributed by atoms with E-state index in [1.807, 2.05) is 0 Å². The van der Waals surface area contributed by atoms with Gasteiger partial charge in [0.15, 0.2) is 5.78 Å². The molecule has 3 aromatic rings. The van der Waals surface area contributed by atoms with Gasteiger partial charge in [-0.15, -0.1) is 0 Å². The number of aryl methyl sites for hydroxylation is 1. The topological polar surface area (TPSA) is 122 Å². The van der Waals surface area contributed by atoms with E-state index in [9.17, 15) is 27.6 Å². The Morgan fingerprint density at radius 1 is 0.902 bits per heavy atom. The van der Waals surface area contributed by atoms with Crippen LogP contribution in [0, 0.1) is 11.8 Å². The van der Waals surface area contributed by atoms with E-state index in [0.29, 0.717) is 35.2 Å². The van der Waals surface area contributed by atoms with E-state index >= 15 is 0 Å². The molecule has 0 unspecified atom stereocenters. The first-order chi connectivity index (χ1) is 19.6. The maximum absolute atomic E-state index is 12.4. The summed E-state index contributed by atoms with van der Waals surface area (Å²) in [6, 6.07) is 18.6. The van der Waals surface area contributed by atoms with Crippen LogP contribution in [0.1, 0.15) is 39.9 Å². The van der Waals surface area contributed by atoms with Gasteiger partial charge in [0.1, 0.15) is 12.6 Å². The molecule has 0 spiro atoms. The molecule has 214 valence electrons. The number of aliphatic hydroxyl groups is 1. The molecule has 0 saturated carbocycles. The lowest BCUT2D eigenvalue weighted by Gasteiger charge is -2.14. The van der Waals surface area contributed by atoms with Crippen LogP contribution in [0.25, 0.3) is 0 Å². The minimum Gasteiger partial charge on any atom is -0.388 e. The Morgan fingerprint density at radius 2 is 1.49 bits per heavy atom. The number of benzene rings is 3. The van der Waals surface area contributed by atoms with Gasteiger partial charge >= 0.3 is 5.51 Å². The van der Waals surface area contributed by atoms with Crippen LogP contribution in [0.15, 0.2) is 77.7 Å². The molecule has 0 radical (unpaired) electrons. The van der Waals surface area contributed by atoms with E-state index in [1.165, 1.54) is 12.1 Å². The van der Waals surface area contributed by atoms with E-state index in [2.05, 4.69) is 22.5 Å². The van der Waals surface area contributed by atoms with Crippen molar-refractivity contribution in [2.24, 2.45) is 5.73 Å². The molecular weight excluding hydrogens is 555 g/mol. The molecule has 0 heterocycles. The second-order valence-electron chi connectivity index (χ2n) is 8.88. The zero-order chi connectivity index (χ0) is 29.8. The minimum absolute atomic E-state index is 0.120. The van der Waals surface area contributed by atoms with Crippen molar-refractivity contribution in [1.82, 2.24) is 5.32 Å². The third-order valence-electron chi connectivity index (χ3n) is 5.78. The Labute approximate surface area is 239 Å². The van der Waals surface area contributed by atoms with Gasteiger partial charge in [0.2, 0.25) is 5.91 Å². The fourth-order valence-corrected chi connectivity index (χ4v) is 4.18. The lowest BCUT2D eigenvalue weighted by Crippen LogP contribution is -2.46. The zero-order valence-corrected chi connectivity index (χ0v) is 22.6. The number of anilines is 1. The van der Waals surface area contributed by atoms with Crippen molar-refractivity contribution in [1.29, 1.82) is 0 Å². The number of carbonyl (C=O) groups is 3. The molecule has 0 aromatic heterocycles. The maximum Gasteiger partial charge on any atom is 0.446 e. The molecule has 1 atom stereocenters. The van der Waals surface area contributed by atoms with E-state index < -0.39 is 29.8 Å². The number of nitrogens with one attached hydrogen (secondary N) is 2. The van der Waals surface area contributed by atoms with Crippen molar-refractivity contribution in [2.75, 3.05) is 18.5 Å². The number of amides is 2. The van der Waals surface area contributed by atoms with Crippen molar-refractivity contribution in [3.63, 3.8) is 0 Å². The maximum atomic E-state index is 12.4. The number of nitrogens with two attached hydrogens (primary N) is 1. The van der Waals surface area contributed by atoms with E-state index in [1.54, 1.807) is 60.7 Å². The van der Waals surface area contributed by atoms with Crippen LogP contribution in [0.2, 0.25) is 0 Å². The Kier molecular flexibility index (Phi) is 11.5. The Hall–Kier alpha value is -4.11. The van der Waals surface area contributed by atoms with Gasteiger partial charge in [-0.25, -0.2) is 0 Å². The van der Waals surface area contributed by atoms with Gasteiger partial charge in [-0.05, 0) is 90.8 Å². The van der Waals surface area contributed by atoms with E-state index in [-0.39, 0.29) is 35.5 Å². The molecule has 0 bridgehead atoms. The van der Waals surface area contributed by atoms with Crippen molar-refractivity contribution >= 4 is 35.0 Å². The first-order valence-electron chi connectivity index (χ1n) is 12.6. The van der Waals surface area contributed by atoms with Crippen LogP contribution in [0.5, 0.6) is 0 Å². The molecule has 0 aliphatic carbocycles. The predicted octanol–water partition coefficient (Wildman–Crippen LogP) is 4.28. The van der Waals surface area contributed by atoms with Crippen LogP contribution in [0.4, 0.5) is 18.9 Å². The predicted molar refractivity (Wildman–Crippen MR) is 151 cm³/mol. The van der Waals surface area contributed by atoms with Crippen LogP contribution in [-0.4, -0.2) is 47.4 Å². The molecule has 0 aliphatic heterocycles. The first-order valence-corrected chi connectivity index (χ1v) is 13.4. The summed E-state index contributed by atoms with van der Waals surface area (Å²) in [7, 11) is 0. The molecular formula is C30H28F3N3O4S. The number of rotatable bonds is 11. The van der Waals surface area contributed by atoms with Gasteiger partial charge in [-0.1, -0.05) is 24.0 Å². The summed E-state index contributed by atoms with van der Waals surface area (Å²) >= 11 is -0.157. The van der Waals surface area contributed by atoms with Gasteiger partial charge < -0.3 is 21.5 Å². The molecule has 0 saturated heterocycles. The van der Waals surface area contributed by atoms with Gasteiger partial charge in [-0.2, -0.15) is 13.2 Å². The molecule has 0 fully saturated rings. The summed E-state index contributed by atoms with van der Waals surface area (Å²) in [5.74, 6) is 4.77. The highest BCUT2D eigenvalue weighted by Gasteiger charge is 2.29. The third kappa shape index (κ3) is 10.8. The van der Waals surface area contributed by atoms with Crippen molar-refractivity contribution in [2.45, 2.75) is 35.7 Å². The summed E-state index contributed by atoms with van der Waals surface area (Å²) < 4.78 is 37.3. The summed E-state index contributed by atoms with van der Waals surface area (Å²) in [5, 5.41) is 14.2. The van der Waals surface area contributed by atoms with Gasteiger partial charge in [0.25, 0.3) is 5.91 Å². The molecule has 7 nitrogen and oxygen atoms in total. The minimum atomic E-state index is -4.32. The number of ketones is 1. The van der Waals surface area contributed by atoms with Crippen molar-refractivity contribution in [3.8, 4) is 11.8 Å². The summed E-state index contributed by atoms with van der Waals surface area (Å²) in [5.41, 5.74) is 4.32. The SMILES string of the molecule is NC[C@H](NC(=O)c1ccc(C#Cc2ccc(NC(=O)CCCc3ccc(SC(F)(F)F)cc3)cc2)cc1)C(=O)CO. The van der Waals surface area contributed by atoms with Crippen LogP contribution < -0.4 is 16.4 Å². The summed E-state index contributed by atoms with van der Waals surface area (Å²) in [6.45, 7) is -0.828. The largest absolute Gasteiger partial charge is 0.446 e. The number of hydrogen-bond acceptors (Lipinski definition) is 6. The second-order valence-corrected chi connectivity index (χ2v) is 10.0. The number of aliphatic hydroxyl groups excluding tert-OH is 1. The molecule has 3 aromatic carbocycles. The molecule has 5 N–H and O–H groups in total. The number of thioether (sulfide) groups is 1. The Bertz CT molecular complexity index is 1400. The zero-order valence-electron chi connectivity index (χ0n) is 21.8. The Balaban J connectivity index is 1.45. The monoisotopic (exact) mass is 583 g/mol. The third-order valence-corrected chi connectivity index (χ3v) is 6.52. The lowest BCUT2D eigenvalue weighted by molar-refractivity contribution is -0.123. The second kappa shape index (κ2) is 15.0. The number of alkyl halides is 3. The fraction of sp³-hybridized carbons (Fsp3) is 0.233. The van der Waals surface area contributed by atoms with Crippen molar-refractivity contribution < 1.29 is 32.7 Å². The van der Waals surface area contributed by atoms with Crippen LogP contribution >= 0.6 is 11.8 Å². The number of Topliss-reactive ketones (excluding diaryl/α,β-unsaturated/α-hetero) is 1. The lowest BCUT2D eigenvalue weighted by atomic mass is 10.1. The molecule has 2 amide bonds. The van der Waals surface area contributed by atoms with Crippen LogP contribution in [-0.2, 0) is 16.0 Å². The summed E-state index contributed by atoms with van der Waals surface area (Å²) in [6.07, 6.45) is 1.39. The Morgan fingerprint density at radius 3 is 2.02 bits per heavy atom. The van der Waals surface area contributed by atoms with Gasteiger partial charge in [-0.3, -0.25) is 14.4 Å². The smallest absolute Gasteiger partial charge is 0.388 e. The quantitative estimate of drug-likeness (QED) is 0.198. The highest BCUT2D eigenvalue weighted by atomic mass is 32.2. The molecule has 0 aliphatic rings. The average molecular weight is 584 g/mol. The highest BCUT2D eigenvalue weighted by molar-refractivity contribution is 8.00. The normalized spacial score (nSPS) is 11.6. The number of hydrogen-bond donors (Lipinski definition) is 4. The molecule has 41 heavy (non-hydrogen) atoms. The summed E-state index contributed by atoms with van der Waals surface area (Å²) in [4.78, 5) is 36.3. The first kappa shape index (κ1) is 31.4. The fourth-order valence-electron chi connectivity index (χ4n) is 3.64. The van der Waals surface area contributed by atoms with E-state index in [0.717, 1.165) is 5.56 Å². The number of carbonyl (C=O) groups excluding carboxylic acids is 3. The van der Waals surface area contributed by atoms with Crippen molar-refractivity contribution in [3.05, 3.63) is 95.1 Å². The van der Waals surface area contributed by atoms with E-state index in [4.69, 9.17) is 10.8 Å². The molecule has 11 heteroatoms. The van der Waals surface area contributed by atoms with Crippen LogP contribution in [0.3, 0.4) is 0 Å². The number of halogens is 3. The highest BCUT2D eigenvalue weighted by Crippen LogP contribution is 2.36. The molecule has 3 rings (SSSR count). The average Bonchev–Trinajstić information content (AvgIpc) is 2.95. The van der Waals surface area contributed by atoms with Gasteiger partial charge in [0.05, 0.1) is 0 Å². The standard InChI is InChI=1S/C30H28F3N3O4S/c31-30(32,33)41-25-16-10-20(11-17-25)2-1-3-28(39)35-24-14-8-22(9-15-24)5-4-21-6-12-23(13-7-21)29(40)36-26(18-34)27(38)19-37/h6-17,26,37H,1-3,18-19,34H2,(H,35,39)(H,36,40)/t26-/m0/s1. The van der Waals surface area contributed by atoms with Gasteiger partial charge in [0, 0.05) is 40.2 Å².